The lowest BCUT2D eigenvalue weighted by Gasteiger charge is -2.17. The van der Waals surface area contributed by atoms with Crippen LogP contribution in [0.15, 0.2) is 28.8 Å². The highest BCUT2D eigenvalue weighted by Crippen LogP contribution is 2.20. The Morgan fingerprint density at radius 1 is 1.25 bits per heavy atom. The monoisotopic (exact) mass is 330 g/mol. The maximum absolute atomic E-state index is 5.77. The Morgan fingerprint density at radius 2 is 2.08 bits per heavy atom. The predicted octanol–water partition coefficient (Wildman–Crippen LogP) is 1.59. The predicted molar refractivity (Wildman–Crippen MR) is 88.1 cm³/mol. The van der Waals surface area contributed by atoms with Crippen LogP contribution in [0.25, 0.3) is 11.6 Å². The maximum atomic E-state index is 5.77. The molecule has 0 spiro atoms. The summed E-state index contributed by atoms with van der Waals surface area (Å²) in [7, 11) is 5.56. The van der Waals surface area contributed by atoms with Gasteiger partial charge in [-0.05, 0) is 25.1 Å². The largest absolute Gasteiger partial charge is 0.418 e. The number of ether oxygens (including phenoxy) is 1. The molecule has 8 heteroatoms. The van der Waals surface area contributed by atoms with Crippen LogP contribution in [0, 0.1) is 6.92 Å². The molecule has 1 atom stereocenters. The Labute approximate surface area is 140 Å². The Morgan fingerprint density at radius 3 is 2.71 bits per heavy atom. The van der Waals surface area contributed by atoms with Crippen molar-refractivity contribution in [2.24, 2.45) is 14.1 Å². The van der Waals surface area contributed by atoms with Crippen LogP contribution in [0.3, 0.4) is 0 Å². The second kappa shape index (κ2) is 6.98. The molecule has 3 aromatic heterocycles. The second-order valence-corrected chi connectivity index (χ2v) is 5.69. The van der Waals surface area contributed by atoms with Gasteiger partial charge in [0.1, 0.15) is 5.69 Å². The van der Waals surface area contributed by atoms with Crippen LogP contribution in [0.5, 0.6) is 0 Å². The number of aromatic nitrogens is 5. The van der Waals surface area contributed by atoms with Crippen molar-refractivity contribution in [3.63, 3.8) is 0 Å². The highest BCUT2D eigenvalue weighted by Gasteiger charge is 2.17. The van der Waals surface area contributed by atoms with Crippen molar-refractivity contribution in [3.8, 4) is 11.6 Å². The molecule has 24 heavy (non-hydrogen) atoms. The summed E-state index contributed by atoms with van der Waals surface area (Å²) in [4.78, 5) is 0. The number of rotatable bonds is 7. The summed E-state index contributed by atoms with van der Waals surface area (Å²) in [5.41, 5.74) is 3.08. The molecule has 3 aromatic rings. The van der Waals surface area contributed by atoms with Gasteiger partial charge in [0.25, 0.3) is 5.89 Å². The van der Waals surface area contributed by atoms with Gasteiger partial charge in [-0.15, -0.1) is 10.2 Å². The fraction of sp³-hybridized carbons (Fsp3) is 0.438. The fourth-order valence-electron chi connectivity index (χ4n) is 2.61. The molecule has 0 amide bonds. The average molecular weight is 330 g/mol. The smallest absolute Gasteiger partial charge is 0.264 e. The van der Waals surface area contributed by atoms with Gasteiger partial charge in [-0.2, -0.15) is 5.10 Å². The van der Waals surface area contributed by atoms with E-state index in [1.165, 1.54) is 0 Å². The molecule has 0 fully saturated rings. The molecule has 0 aliphatic carbocycles. The minimum absolute atomic E-state index is 0.00451. The van der Waals surface area contributed by atoms with Crippen LogP contribution in [-0.2, 0) is 25.4 Å². The molecule has 1 unspecified atom stereocenters. The normalized spacial score (nSPS) is 12.7. The van der Waals surface area contributed by atoms with Crippen LogP contribution < -0.4 is 5.32 Å². The van der Waals surface area contributed by atoms with E-state index in [2.05, 4.69) is 20.6 Å². The molecule has 0 bridgehead atoms. The minimum atomic E-state index is -0.00451. The first-order chi connectivity index (χ1) is 11.6. The van der Waals surface area contributed by atoms with E-state index in [4.69, 9.17) is 9.15 Å². The molecule has 0 aliphatic heterocycles. The standard InChI is InChI=1S/C16H22N6O2/c1-11-5-6-14(21(11)2)16-20-19-15(24-16)9-17-12(10-23-4)13-7-8-18-22(13)3/h5-8,12,17H,9-10H2,1-4H3. The molecular weight excluding hydrogens is 308 g/mol. The minimum Gasteiger partial charge on any atom is -0.418 e. The fourth-order valence-corrected chi connectivity index (χ4v) is 2.61. The van der Waals surface area contributed by atoms with Gasteiger partial charge in [0.15, 0.2) is 0 Å². The SMILES string of the molecule is COCC(NCc1nnc(-c2ccc(C)n2C)o1)c1ccnn1C. The summed E-state index contributed by atoms with van der Waals surface area (Å²) in [5.74, 6) is 1.05. The second-order valence-electron chi connectivity index (χ2n) is 5.69. The molecule has 3 rings (SSSR count). The number of methoxy groups -OCH3 is 1. The number of nitrogens with one attached hydrogen (secondary N) is 1. The van der Waals surface area contributed by atoms with E-state index in [1.54, 1.807) is 13.3 Å². The van der Waals surface area contributed by atoms with Crippen LogP contribution in [0.1, 0.15) is 23.3 Å². The highest BCUT2D eigenvalue weighted by molar-refractivity contribution is 5.48. The zero-order chi connectivity index (χ0) is 17.1. The summed E-state index contributed by atoms with van der Waals surface area (Å²) in [6.45, 7) is 3.01. The first-order valence-corrected chi connectivity index (χ1v) is 7.75. The van der Waals surface area contributed by atoms with Crippen LogP contribution >= 0.6 is 0 Å². The lowest BCUT2D eigenvalue weighted by atomic mass is 10.2. The summed E-state index contributed by atoms with van der Waals surface area (Å²) in [6, 6.07) is 5.95. The molecule has 128 valence electrons. The Balaban J connectivity index is 1.70. The summed E-state index contributed by atoms with van der Waals surface area (Å²) in [5, 5.41) is 15.8. The molecule has 1 N–H and O–H groups in total. The third kappa shape index (κ3) is 3.24. The van der Waals surface area contributed by atoms with Crippen molar-refractivity contribution < 1.29 is 9.15 Å². The van der Waals surface area contributed by atoms with E-state index in [1.807, 2.05) is 48.5 Å². The lowest BCUT2D eigenvalue weighted by molar-refractivity contribution is 0.161. The van der Waals surface area contributed by atoms with Crippen molar-refractivity contribution >= 4 is 0 Å². The average Bonchev–Trinajstić information content (AvgIpc) is 3.27. The van der Waals surface area contributed by atoms with Crippen LogP contribution in [-0.4, -0.2) is 38.3 Å². The lowest BCUT2D eigenvalue weighted by Crippen LogP contribution is -2.27. The third-order valence-corrected chi connectivity index (χ3v) is 4.11. The summed E-state index contributed by atoms with van der Waals surface area (Å²) < 4.78 is 14.9. The van der Waals surface area contributed by atoms with E-state index in [0.29, 0.717) is 24.9 Å². The summed E-state index contributed by atoms with van der Waals surface area (Å²) in [6.07, 6.45) is 1.77. The van der Waals surface area contributed by atoms with E-state index >= 15 is 0 Å². The molecule has 8 nitrogen and oxygen atoms in total. The van der Waals surface area contributed by atoms with Crippen LogP contribution in [0.4, 0.5) is 0 Å². The Hall–Kier alpha value is -2.45. The van der Waals surface area contributed by atoms with Gasteiger partial charge in [-0.1, -0.05) is 0 Å². The van der Waals surface area contributed by atoms with Gasteiger partial charge >= 0.3 is 0 Å². The highest BCUT2D eigenvalue weighted by atomic mass is 16.5. The zero-order valence-corrected chi connectivity index (χ0v) is 14.4. The number of hydrogen-bond donors (Lipinski definition) is 1. The van der Waals surface area contributed by atoms with E-state index in [0.717, 1.165) is 17.1 Å². The van der Waals surface area contributed by atoms with Gasteiger partial charge in [0.2, 0.25) is 5.89 Å². The quantitative estimate of drug-likeness (QED) is 0.708. The van der Waals surface area contributed by atoms with Crippen molar-refractivity contribution in [3.05, 3.63) is 41.7 Å². The first-order valence-electron chi connectivity index (χ1n) is 7.75. The van der Waals surface area contributed by atoms with Crippen molar-refractivity contribution in [2.75, 3.05) is 13.7 Å². The Kier molecular flexibility index (Phi) is 4.77. The molecule has 0 aliphatic rings. The maximum Gasteiger partial charge on any atom is 0.264 e. The topological polar surface area (TPSA) is 82.9 Å². The third-order valence-electron chi connectivity index (χ3n) is 4.11. The molecule has 0 aromatic carbocycles. The summed E-state index contributed by atoms with van der Waals surface area (Å²) >= 11 is 0. The zero-order valence-electron chi connectivity index (χ0n) is 14.4. The van der Waals surface area contributed by atoms with E-state index in [9.17, 15) is 0 Å². The van der Waals surface area contributed by atoms with Gasteiger partial charge < -0.3 is 13.7 Å². The number of aryl methyl sites for hydroxylation is 2. The number of hydrogen-bond acceptors (Lipinski definition) is 6. The Bertz CT molecular complexity index is 803. The van der Waals surface area contributed by atoms with Crippen molar-refractivity contribution in [2.45, 2.75) is 19.5 Å². The molecule has 0 saturated carbocycles. The molecule has 0 radical (unpaired) electrons. The van der Waals surface area contributed by atoms with Gasteiger partial charge in [0, 0.05) is 33.1 Å². The first kappa shape index (κ1) is 16.4. The molecule has 0 saturated heterocycles. The molecular formula is C16H22N6O2. The van der Waals surface area contributed by atoms with E-state index in [-0.39, 0.29) is 6.04 Å². The van der Waals surface area contributed by atoms with Gasteiger partial charge in [-0.25, -0.2) is 0 Å². The molecule has 3 heterocycles. The number of nitrogens with zero attached hydrogens (tertiary/aromatic N) is 5. The van der Waals surface area contributed by atoms with Crippen molar-refractivity contribution in [1.29, 1.82) is 0 Å². The van der Waals surface area contributed by atoms with Gasteiger partial charge in [0.05, 0.1) is 24.9 Å². The van der Waals surface area contributed by atoms with Crippen LogP contribution in [0.2, 0.25) is 0 Å². The van der Waals surface area contributed by atoms with Gasteiger partial charge in [-0.3, -0.25) is 10.00 Å². The van der Waals surface area contributed by atoms with Crippen molar-refractivity contribution in [1.82, 2.24) is 29.9 Å². The van der Waals surface area contributed by atoms with E-state index < -0.39 is 0 Å².